The number of nitrogens with two attached hydrogens (primary N) is 1. The van der Waals surface area contributed by atoms with E-state index in [1.54, 1.807) is 30.6 Å². The fraction of sp³-hybridized carbons (Fsp3) is 0.174. The van der Waals surface area contributed by atoms with Gasteiger partial charge in [-0.05, 0) is 36.8 Å². The van der Waals surface area contributed by atoms with Crippen molar-refractivity contribution in [1.29, 1.82) is 5.41 Å². The maximum Gasteiger partial charge on any atom is 0.255 e. The van der Waals surface area contributed by atoms with Crippen LogP contribution in [-0.4, -0.2) is 30.5 Å². The number of nitrogen functional groups attached to an aromatic ring is 1. The number of carbonyl (C=O) groups is 1. The quantitative estimate of drug-likeness (QED) is 0.242. The Kier molecular flexibility index (Phi) is 8.19. The lowest BCUT2D eigenvalue weighted by Crippen LogP contribution is -2.26. The van der Waals surface area contributed by atoms with Crippen LogP contribution < -0.4 is 11.1 Å². The van der Waals surface area contributed by atoms with Gasteiger partial charge in [-0.2, -0.15) is 0 Å². The number of nitrogens with one attached hydrogen (secondary N) is 2. The summed E-state index contributed by atoms with van der Waals surface area (Å²) in [5.74, 6) is -0.455. The predicted molar refractivity (Wildman–Crippen MR) is 135 cm³/mol. The Bertz CT molecular complexity index is 1330. The lowest BCUT2D eigenvalue weighted by atomic mass is 10.1. The molecule has 1 aromatic carbocycles. The molecule has 34 heavy (non-hydrogen) atoms. The van der Waals surface area contributed by atoms with Gasteiger partial charge in [0.05, 0.1) is 23.5 Å². The van der Waals surface area contributed by atoms with Gasteiger partial charge in [-0.25, -0.2) is 13.9 Å². The molecule has 0 fully saturated rings. The van der Waals surface area contributed by atoms with Crippen molar-refractivity contribution in [1.82, 2.24) is 24.2 Å². The molecule has 0 spiro atoms. The molecule has 1 unspecified atom stereocenters. The monoisotopic (exact) mass is 499 g/mol. The SMILES string of the molecule is CC.CC(NC(=O)c1cn(SF)c2ncc(C(=N)c3ccc(Cl)cc3N)nc12)c1cccnc1. The van der Waals surface area contributed by atoms with E-state index in [0.29, 0.717) is 16.3 Å². The van der Waals surface area contributed by atoms with E-state index in [1.165, 1.54) is 18.5 Å². The molecule has 8 nitrogen and oxygen atoms in total. The van der Waals surface area contributed by atoms with E-state index < -0.39 is 5.91 Å². The second-order valence-corrected chi connectivity index (χ2v) is 7.92. The van der Waals surface area contributed by atoms with Crippen molar-refractivity contribution in [3.63, 3.8) is 0 Å². The van der Waals surface area contributed by atoms with Gasteiger partial charge >= 0.3 is 0 Å². The molecule has 4 rings (SSSR count). The zero-order valence-electron chi connectivity index (χ0n) is 18.7. The molecule has 4 N–H and O–H groups in total. The largest absolute Gasteiger partial charge is 0.398 e. The Labute approximate surface area is 205 Å². The summed E-state index contributed by atoms with van der Waals surface area (Å²) >= 11 is 5.84. The van der Waals surface area contributed by atoms with E-state index in [1.807, 2.05) is 26.8 Å². The maximum absolute atomic E-state index is 13.5. The van der Waals surface area contributed by atoms with Gasteiger partial charge in [-0.15, -0.1) is 3.89 Å². The highest BCUT2D eigenvalue weighted by atomic mass is 35.5. The van der Waals surface area contributed by atoms with Crippen molar-refractivity contribution in [2.75, 3.05) is 5.73 Å². The Morgan fingerprint density at radius 2 is 2.03 bits per heavy atom. The number of carbonyl (C=O) groups excluding carboxylic acids is 1. The van der Waals surface area contributed by atoms with Crippen LogP contribution in [0.5, 0.6) is 0 Å². The summed E-state index contributed by atoms with van der Waals surface area (Å²) in [6.45, 7) is 5.81. The Morgan fingerprint density at radius 1 is 1.26 bits per heavy atom. The van der Waals surface area contributed by atoms with Crippen LogP contribution in [0.3, 0.4) is 0 Å². The second-order valence-electron chi connectivity index (χ2n) is 6.95. The van der Waals surface area contributed by atoms with Crippen LogP contribution in [0.15, 0.2) is 55.1 Å². The van der Waals surface area contributed by atoms with Gasteiger partial charge in [0.1, 0.15) is 11.2 Å². The first kappa shape index (κ1) is 25.1. The second kappa shape index (κ2) is 11.1. The zero-order valence-corrected chi connectivity index (χ0v) is 20.3. The molecule has 0 saturated carbocycles. The van der Waals surface area contributed by atoms with Gasteiger partial charge in [0.2, 0.25) is 0 Å². The van der Waals surface area contributed by atoms with Crippen LogP contribution in [-0.2, 0) is 0 Å². The van der Waals surface area contributed by atoms with Crippen molar-refractivity contribution in [3.8, 4) is 0 Å². The fourth-order valence-electron chi connectivity index (χ4n) is 3.19. The molecule has 3 aromatic heterocycles. The van der Waals surface area contributed by atoms with E-state index in [9.17, 15) is 8.68 Å². The van der Waals surface area contributed by atoms with Gasteiger partial charge in [-0.3, -0.25) is 15.2 Å². The van der Waals surface area contributed by atoms with Gasteiger partial charge in [0.15, 0.2) is 18.0 Å². The average molecular weight is 500 g/mol. The Hall–Kier alpha value is -3.50. The highest BCUT2D eigenvalue weighted by Gasteiger charge is 2.22. The van der Waals surface area contributed by atoms with Crippen LogP contribution in [0, 0.1) is 5.41 Å². The molecule has 0 aliphatic rings. The summed E-state index contributed by atoms with van der Waals surface area (Å²) in [6, 6.07) is 8.03. The van der Waals surface area contributed by atoms with Crippen LogP contribution in [0.2, 0.25) is 5.02 Å². The topological polar surface area (TPSA) is 123 Å². The predicted octanol–water partition coefficient (Wildman–Crippen LogP) is 5.38. The number of amides is 1. The number of benzene rings is 1. The zero-order chi connectivity index (χ0) is 24.8. The number of hydrogen-bond acceptors (Lipinski definition) is 7. The van der Waals surface area contributed by atoms with Crippen LogP contribution in [0.4, 0.5) is 9.57 Å². The van der Waals surface area contributed by atoms with E-state index in [4.69, 9.17) is 22.7 Å². The number of anilines is 1. The molecular formula is C23H23ClFN7OS. The van der Waals surface area contributed by atoms with Crippen molar-refractivity contribution < 1.29 is 8.68 Å². The van der Waals surface area contributed by atoms with E-state index in [2.05, 4.69) is 20.3 Å². The first-order valence-electron chi connectivity index (χ1n) is 10.4. The minimum Gasteiger partial charge on any atom is -0.398 e. The summed E-state index contributed by atoms with van der Waals surface area (Å²) in [6.07, 6.45) is 5.96. The fourth-order valence-corrected chi connectivity index (χ4v) is 3.72. The summed E-state index contributed by atoms with van der Waals surface area (Å²) < 4.78 is 14.6. The highest BCUT2D eigenvalue weighted by molar-refractivity contribution is 7.92. The van der Waals surface area contributed by atoms with Crippen molar-refractivity contribution in [2.45, 2.75) is 26.8 Å². The lowest BCUT2D eigenvalue weighted by molar-refractivity contribution is 0.0941. The number of rotatable bonds is 6. The molecule has 11 heteroatoms. The number of aromatic nitrogens is 4. The van der Waals surface area contributed by atoms with E-state index >= 15 is 0 Å². The minimum absolute atomic E-state index is 0.00399. The Balaban J connectivity index is 0.00000158. The molecule has 0 radical (unpaired) electrons. The molecular weight excluding hydrogens is 477 g/mol. The van der Waals surface area contributed by atoms with E-state index in [-0.39, 0.29) is 46.5 Å². The molecule has 3 heterocycles. The molecule has 1 atom stereocenters. The first-order chi connectivity index (χ1) is 16.4. The number of halogens is 2. The van der Waals surface area contributed by atoms with Crippen LogP contribution >= 0.6 is 23.9 Å². The van der Waals surface area contributed by atoms with Crippen molar-refractivity contribution >= 4 is 52.4 Å². The average Bonchev–Trinajstić information content (AvgIpc) is 3.23. The molecule has 176 valence electrons. The third-order valence-electron chi connectivity index (χ3n) is 4.85. The standard InChI is InChI=1S/C21H17ClFN7OS.C2H6/c1-11(12-3-2-6-26-8-12)28-21(31)15-10-30(32-23)20-19(15)29-17(9-27-20)18(25)14-5-4-13(22)7-16(14)24;1-2/h2-11,25H,24H2,1H3,(H,28,31);1-2H3. The van der Waals surface area contributed by atoms with Crippen LogP contribution in [0.1, 0.15) is 54.0 Å². The normalized spacial score (nSPS) is 11.4. The third-order valence-corrected chi connectivity index (χ3v) is 5.52. The van der Waals surface area contributed by atoms with Crippen LogP contribution in [0.25, 0.3) is 11.2 Å². The summed E-state index contributed by atoms with van der Waals surface area (Å²) in [7, 11) is 0. The highest BCUT2D eigenvalue weighted by Crippen LogP contribution is 2.26. The molecule has 1 amide bonds. The summed E-state index contributed by atoms with van der Waals surface area (Å²) in [5.41, 5.74) is 8.18. The van der Waals surface area contributed by atoms with Gasteiger partial charge in [0.25, 0.3) is 5.91 Å². The number of fused-ring (bicyclic) bond motifs is 1. The van der Waals surface area contributed by atoms with Gasteiger partial charge < -0.3 is 11.1 Å². The number of hydrogen-bond donors (Lipinski definition) is 3. The number of nitrogens with zero attached hydrogens (tertiary/aromatic N) is 4. The van der Waals surface area contributed by atoms with E-state index in [0.717, 1.165) is 9.54 Å². The third kappa shape index (κ3) is 5.18. The van der Waals surface area contributed by atoms with Gasteiger partial charge in [-0.1, -0.05) is 31.5 Å². The van der Waals surface area contributed by atoms with Crippen molar-refractivity contribution in [2.24, 2.45) is 0 Å². The van der Waals surface area contributed by atoms with Crippen molar-refractivity contribution in [3.05, 3.63) is 82.5 Å². The van der Waals surface area contributed by atoms with Gasteiger partial charge in [0, 0.05) is 34.9 Å². The summed E-state index contributed by atoms with van der Waals surface area (Å²) in [4.78, 5) is 25.7. The lowest BCUT2D eigenvalue weighted by Gasteiger charge is -2.13. The minimum atomic E-state index is -0.455. The number of pyridine rings is 1. The molecule has 0 aliphatic heterocycles. The first-order valence-corrected chi connectivity index (χ1v) is 11.5. The molecule has 0 bridgehead atoms. The Morgan fingerprint density at radius 3 is 2.68 bits per heavy atom. The molecule has 0 aliphatic carbocycles. The smallest absolute Gasteiger partial charge is 0.255 e. The molecule has 4 aromatic rings. The molecule has 0 saturated heterocycles. The summed E-state index contributed by atoms with van der Waals surface area (Å²) in [5, 5.41) is 11.8. The maximum atomic E-state index is 13.5.